The number of hydrogen-bond donors (Lipinski definition) is 0. The number of rotatable bonds is 4. The van der Waals surface area contributed by atoms with Crippen LogP contribution in [0.4, 0.5) is 0 Å². The van der Waals surface area contributed by atoms with E-state index in [2.05, 4.69) is 16.8 Å². The third-order valence-corrected chi connectivity index (χ3v) is 8.48. The van der Waals surface area contributed by atoms with Gasteiger partial charge in [-0.3, -0.25) is 0 Å². The predicted molar refractivity (Wildman–Crippen MR) is 125 cm³/mol. The van der Waals surface area contributed by atoms with Crippen molar-refractivity contribution in [1.82, 2.24) is 9.80 Å². The molecule has 0 aliphatic heterocycles. The molecule has 0 heterocycles. The molecule has 0 spiro atoms. The van der Waals surface area contributed by atoms with E-state index in [0.717, 1.165) is 18.1 Å². The largest absolute Gasteiger partial charge is 0.343 e. The van der Waals surface area contributed by atoms with Crippen LogP contribution in [-0.2, 0) is 0 Å². The van der Waals surface area contributed by atoms with Gasteiger partial charge in [-0.15, -0.1) is 0 Å². The zero-order valence-electron chi connectivity index (χ0n) is 19.3. The zero-order chi connectivity index (χ0) is 19.9. The summed E-state index contributed by atoms with van der Waals surface area (Å²) in [6, 6.07) is 2.81. The van der Waals surface area contributed by atoms with E-state index in [0.29, 0.717) is 6.04 Å². The Morgan fingerprint density at radius 3 is 1.34 bits per heavy atom. The Hall–Kier alpha value is -0.730. The first-order valence-corrected chi connectivity index (χ1v) is 13.4. The highest BCUT2D eigenvalue weighted by molar-refractivity contribution is 5.81. The molecule has 0 aromatic heterocycles. The van der Waals surface area contributed by atoms with Gasteiger partial charge >= 0.3 is 0 Å². The molecular weight excluding hydrogens is 354 g/mol. The van der Waals surface area contributed by atoms with Gasteiger partial charge in [0, 0.05) is 25.2 Å². The van der Waals surface area contributed by atoms with Crippen molar-refractivity contribution in [2.75, 3.05) is 7.05 Å². The summed E-state index contributed by atoms with van der Waals surface area (Å²) in [5.74, 6) is 1.43. The minimum Gasteiger partial charge on any atom is -0.343 e. The first-order chi connectivity index (χ1) is 14.3. The highest BCUT2D eigenvalue weighted by atomic mass is 15.4. The standard InChI is InChI=1S/C26H47N3/c1-28(23-16-8-3-9-17-23)26(27-22-14-6-2-7-15-22)29(24-18-10-4-11-19-24)25-20-12-5-13-21-25/h22-25H,2-21H2,1H3. The molecule has 0 unspecified atom stereocenters. The van der Waals surface area contributed by atoms with Gasteiger partial charge in [0.2, 0.25) is 0 Å². The topological polar surface area (TPSA) is 18.8 Å². The van der Waals surface area contributed by atoms with Crippen molar-refractivity contribution in [3.05, 3.63) is 0 Å². The lowest BCUT2D eigenvalue weighted by atomic mass is 9.88. The van der Waals surface area contributed by atoms with E-state index >= 15 is 0 Å². The fraction of sp³-hybridized carbons (Fsp3) is 0.962. The number of nitrogens with zero attached hydrogens (tertiary/aromatic N) is 3. The third-order valence-electron chi connectivity index (χ3n) is 8.48. The van der Waals surface area contributed by atoms with Crippen LogP contribution in [0.25, 0.3) is 0 Å². The Bertz CT molecular complexity index is 474. The molecule has 0 radical (unpaired) electrons. The molecule has 3 nitrogen and oxygen atoms in total. The molecule has 166 valence electrons. The van der Waals surface area contributed by atoms with Crippen LogP contribution >= 0.6 is 0 Å². The lowest BCUT2D eigenvalue weighted by Gasteiger charge is -2.48. The van der Waals surface area contributed by atoms with Crippen molar-refractivity contribution in [1.29, 1.82) is 0 Å². The monoisotopic (exact) mass is 401 g/mol. The van der Waals surface area contributed by atoms with Gasteiger partial charge in [-0.25, -0.2) is 4.99 Å². The van der Waals surface area contributed by atoms with Crippen molar-refractivity contribution in [3.8, 4) is 0 Å². The van der Waals surface area contributed by atoms with Crippen molar-refractivity contribution >= 4 is 5.96 Å². The summed E-state index contributed by atoms with van der Waals surface area (Å²) in [6.45, 7) is 0. The smallest absolute Gasteiger partial charge is 0.197 e. The van der Waals surface area contributed by atoms with E-state index in [9.17, 15) is 0 Å². The van der Waals surface area contributed by atoms with E-state index in [4.69, 9.17) is 4.99 Å². The van der Waals surface area contributed by atoms with Gasteiger partial charge in [0.25, 0.3) is 0 Å². The molecule has 4 aliphatic carbocycles. The van der Waals surface area contributed by atoms with Crippen molar-refractivity contribution in [2.45, 2.75) is 153 Å². The zero-order valence-corrected chi connectivity index (χ0v) is 19.3. The fourth-order valence-corrected chi connectivity index (χ4v) is 6.69. The SMILES string of the molecule is CN(C(=NC1CCCCC1)N(C1CCCCC1)C1CCCCC1)C1CCCCC1. The Morgan fingerprint density at radius 2 is 0.897 bits per heavy atom. The molecule has 3 heteroatoms. The summed E-state index contributed by atoms with van der Waals surface area (Å²) in [7, 11) is 2.41. The van der Waals surface area contributed by atoms with Crippen LogP contribution in [0.3, 0.4) is 0 Å². The summed E-state index contributed by atoms with van der Waals surface area (Å²) in [6.07, 6.45) is 28.1. The summed E-state index contributed by atoms with van der Waals surface area (Å²) in [5.41, 5.74) is 0. The Balaban J connectivity index is 1.62. The average molecular weight is 402 g/mol. The van der Waals surface area contributed by atoms with Gasteiger partial charge in [0.1, 0.15) is 0 Å². The van der Waals surface area contributed by atoms with Gasteiger partial charge in [0.05, 0.1) is 6.04 Å². The molecule has 0 N–H and O–H groups in total. The van der Waals surface area contributed by atoms with Gasteiger partial charge in [-0.2, -0.15) is 0 Å². The first kappa shape index (κ1) is 21.5. The molecule has 4 saturated carbocycles. The highest BCUT2D eigenvalue weighted by Gasteiger charge is 2.35. The number of guanidine groups is 1. The molecule has 4 aliphatic rings. The summed E-state index contributed by atoms with van der Waals surface area (Å²) in [5, 5.41) is 0. The average Bonchev–Trinajstić information content (AvgIpc) is 2.81. The Labute approximate surface area is 180 Å². The molecule has 0 saturated heterocycles. The van der Waals surface area contributed by atoms with Crippen LogP contribution in [0.1, 0.15) is 128 Å². The van der Waals surface area contributed by atoms with E-state index in [-0.39, 0.29) is 0 Å². The molecule has 4 rings (SSSR count). The van der Waals surface area contributed by atoms with Crippen LogP contribution in [0.5, 0.6) is 0 Å². The van der Waals surface area contributed by atoms with Crippen LogP contribution in [0, 0.1) is 0 Å². The third kappa shape index (κ3) is 5.70. The van der Waals surface area contributed by atoms with Crippen LogP contribution in [0.15, 0.2) is 4.99 Å². The molecule has 0 atom stereocenters. The van der Waals surface area contributed by atoms with Gasteiger partial charge in [-0.05, 0) is 51.4 Å². The Kier molecular flexibility index (Phi) is 8.19. The minimum atomic E-state index is 0.583. The maximum absolute atomic E-state index is 5.63. The second-order valence-corrected chi connectivity index (χ2v) is 10.6. The van der Waals surface area contributed by atoms with E-state index in [1.165, 1.54) is 134 Å². The quantitative estimate of drug-likeness (QED) is 0.376. The maximum Gasteiger partial charge on any atom is 0.197 e. The molecule has 0 bridgehead atoms. The summed E-state index contributed by atoms with van der Waals surface area (Å²) in [4.78, 5) is 11.3. The van der Waals surface area contributed by atoms with Crippen molar-refractivity contribution in [3.63, 3.8) is 0 Å². The summed E-state index contributed by atoms with van der Waals surface area (Å²) >= 11 is 0. The maximum atomic E-state index is 5.63. The lowest BCUT2D eigenvalue weighted by molar-refractivity contribution is 0.127. The highest BCUT2D eigenvalue weighted by Crippen LogP contribution is 2.33. The second-order valence-electron chi connectivity index (χ2n) is 10.6. The number of aliphatic imine (C=N–C) groups is 1. The minimum absolute atomic E-state index is 0.583. The summed E-state index contributed by atoms with van der Waals surface area (Å²) < 4.78 is 0. The molecular formula is C26H47N3. The van der Waals surface area contributed by atoms with Gasteiger partial charge in [0.15, 0.2) is 5.96 Å². The molecule has 29 heavy (non-hydrogen) atoms. The van der Waals surface area contributed by atoms with Crippen molar-refractivity contribution in [2.24, 2.45) is 4.99 Å². The fourth-order valence-electron chi connectivity index (χ4n) is 6.69. The van der Waals surface area contributed by atoms with Gasteiger partial charge < -0.3 is 9.80 Å². The predicted octanol–water partition coefficient (Wildman–Crippen LogP) is 6.91. The van der Waals surface area contributed by atoms with E-state index < -0.39 is 0 Å². The van der Waals surface area contributed by atoms with E-state index in [1.54, 1.807) is 0 Å². The number of hydrogen-bond acceptors (Lipinski definition) is 1. The Morgan fingerprint density at radius 1 is 0.517 bits per heavy atom. The second kappa shape index (κ2) is 11.0. The molecule has 0 amide bonds. The van der Waals surface area contributed by atoms with Crippen LogP contribution in [-0.4, -0.2) is 47.0 Å². The molecule has 4 fully saturated rings. The van der Waals surface area contributed by atoms with Gasteiger partial charge in [-0.1, -0.05) is 77.0 Å². The molecule has 0 aromatic rings. The lowest BCUT2D eigenvalue weighted by Crippen LogP contribution is -2.56. The van der Waals surface area contributed by atoms with Crippen molar-refractivity contribution < 1.29 is 0 Å². The van der Waals surface area contributed by atoms with Crippen LogP contribution in [0.2, 0.25) is 0 Å². The van der Waals surface area contributed by atoms with Crippen LogP contribution < -0.4 is 0 Å². The molecule has 0 aromatic carbocycles. The van der Waals surface area contributed by atoms with E-state index in [1.807, 2.05) is 0 Å². The normalized spacial score (nSPS) is 27.1. The first-order valence-electron chi connectivity index (χ1n) is 13.4.